The third-order valence-electron chi connectivity index (χ3n) is 4.30. The van der Waals surface area contributed by atoms with Crippen molar-refractivity contribution >= 4 is 11.8 Å². The number of carbonyl (C=O) groups excluding carboxylic acids is 2. The van der Waals surface area contributed by atoms with Crippen molar-refractivity contribution in [2.24, 2.45) is 5.92 Å². The highest BCUT2D eigenvalue weighted by Gasteiger charge is 2.36. The third kappa shape index (κ3) is 3.47. The summed E-state index contributed by atoms with van der Waals surface area (Å²) in [7, 11) is 0. The topological polar surface area (TPSA) is 69.6 Å². The fourth-order valence-corrected chi connectivity index (χ4v) is 3.34. The molecule has 2 atom stereocenters. The number of hydrogen-bond acceptors (Lipinski definition) is 3. The molecule has 2 rings (SSSR count). The molecule has 0 bridgehead atoms. The lowest BCUT2D eigenvalue weighted by Crippen LogP contribution is -2.56. The number of amides is 2. The highest BCUT2D eigenvalue weighted by Crippen LogP contribution is 2.31. The van der Waals surface area contributed by atoms with Gasteiger partial charge >= 0.3 is 0 Å². The van der Waals surface area contributed by atoms with Crippen molar-refractivity contribution in [3.63, 3.8) is 0 Å². The normalized spacial score (nSPS) is 31.6. The van der Waals surface area contributed by atoms with E-state index >= 15 is 0 Å². The SMILES string of the molecule is CC1CCCC(CO)(NC(=O)CN2CCCC2=O)C1. The zero-order valence-corrected chi connectivity index (χ0v) is 11.7. The van der Waals surface area contributed by atoms with Gasteiger partial charge in [-0.3, -0.25) is 9.59 Å². The van der Waals surface area contributed by atoms with Gasteiger partial charge in [-0.2, -0.15) is 0 Å². The van der Waals surface area contributed by atoms with Gasteiger partial charge < -0.3 is 15.3 Å². The number of hydrogen-bond donors (Lipinski definition) is 2. The van der Waals surface area contributed by atoms with E-state index in [4.69, 9.17) is 0 Å². The molecule has 1 aliphatic carbocycles. The lowest BCUT2D eigenvalue weighted by Gasteiger charge is -2.39. The summed E-state index contributed by atoms with van der Waals surface area (Å²) < 4.78 is 0. The van der Waals surface area contributed by atoms with E-state index in [0.29, 0.717) is 18.9 Å². The second-order valence-electron chi connectivity index (χ2n) is 6.11. The Hall–Kier alpha value is -1.10. The van der Waals surface area contributed by atoms with Crippen LogP contribution in [0.25, 0.3) is 0 Å². The zero-order chi connectivity index (χ0) is 13.9. The van der Waals surface area contributed by atoms with Crippen molar-refractivity contribution in [1.29, 1.82) is 0 Å². The summed E-state index contributed by atoms with van der Waals surface area (Å²) in [5, 5.41) is 12.6. The molecular weight excluding hydrogens is 244 g/mol. The molecule has 2 aliphatic rings. The smallest absolute Gasteiger partial charge is 0.240 e. The van der Waals surface area contributed by atoms with Gasteiger partial charge in [0.05, 0.1) is 18.7 Å². The number of aliphatic hydroxyl groups is 1. The maximum Gasteiger partial charge on any atom is 0.240 e. The van der Waals surface area contributed by atoms with Crippen LogP contribution in [0.3, 0.4) is 0 Å². The van der Waals surface area contributed by atoms with E-state index in [2.05, 4.69) is 12.2 Å². The van der Waals surface area contributed by atoms with Crippen molar-refractivity contribution in [3.8, 4) is 0 Å². The Morgan fingerprint density at radius 2 is 2.32 bits per heavy atom. The Morgan fingerprint density at radius 3 is 2.89 bits per heavy atom. The first kappa shape index (κ1) is 14.3. The van der Waals surface area contributed by atoms with Gasteiger partial charge in [-0.05, 0) is 25.2 Å². The van der Waals surface area contributed by atoms with E-state index in [1.54, 1.807) is 4.90 Å². The molecular formula is C14H24N2O3. The van der Waals surface area contributed by atoms with Crippen LogP contribution in [-0.4, -0.2) is 47.1 Å². The molecule has 1 saturated carbocycles. The molecule has 5 nitrogen and oxygen atoms in total. The molecule has 1 heterocycles. The number of carbonyl (C=O) groups is 2. The summed E-state index contributed by atoms with van der Waals surface area (Å²) in [6.07, 6.45) is 5.23. The molecule has 0 spiro atoms. The van der Waals surface area contributed by atoms with Crippen LogP contribution in [0.5, 0.6) is 0 Å². The van der Waals surface area contributed by atoms with Gasteiger partial charge in [0.25, 0.3) is 0 Å². The largest absolute Gasteiger partial charge is 0.394 e. The van der Waals surface area contributed by atoms with Crippen LogP contribution in [0.1, 0.15) is 45.4 Å². The van der Waals surface area contributed by atoms with Crippen LogP contribution < -0.4 is 5.32 Å². The van der Waals surface area contributed by atoms with Crippen LogP contribution in [-0.2, 0) is 9.59 Å². The van der Waals surface area contributed by atoms with Gasteiger partial charge in [0.15, 0.2) is 0 Å². The molecule has 108 valence electrons. The van der Waals surface area contributed by atoms with Crippen LogP contribution in [0.4, 0.5) is 0 Å². The van der Waals surface area contributed by atoms with E-state index in [1.807, 2.05) is 0 Å². The van der Waals surface area contributed by atoms with E-state index in [1.165, 1.54) is 0 Å². The summed E-state index contributed by atoms with van der Waals surface area (Å²) in [5.41, 5.74) is -0.475. The summed E-state index contributed by atoms with van der Waals surface area (Å²) >= 11 is 0. The number of rotatable bonds is 4. The first-order valence-corrected chi connectivity index (χ1v) is 7.24. The predicted molar refractivity (Wildman–Crippen MR) is 71.4 cm³/mol. The summed E-state index contributed by atoms with van der Waals surface area (Å²) in [6.45, 7) is 2.94. The molecule has 0 aromatic rings. The van der Waals surface area contributed by atoms with E-state index in [9.17, 15) is 14.7 Å². The van der Waals surface area contributed by atoms with Crippen LogP contribution in [0.2, 0.25) is 0 Å². The summed E-state index contributed by atoms with van der Waals surface area (Å²) in [5.74, 6) is 0.443. The Morgan fingerprint density at radius 1 is 1.53 bits per heavy atom. The maximum atomic E-state index is 12.1. The van der Waals surface area contributed by atoms with Crippen molar-refractivity contribution < 1.29 is 14.7 Å². The molecule has 19 heavy (non-hydrogen) atoms. The van der Waals surface area contributed by atoms with Gasteiger partial charge in [-0.1, -0.05) is 19.8 Å². The quantitative estimate of drug-likeness (QED) is 0.787. The lowest BCUT2D eigenvalue weighted by molar-refractivity contribution is -0.134. The molecule has 0 aromatic carbocycles. The van der Waals surface area contributed by atoms with E-state index in [0.717, 1.165) is 32.1 Å². The average molecular weight is 268 g/mol. The van der Waals surface area contributed by atoms with E-state index in [-0.39, 0.29) is 25.0 Å². The highest BCUT2D eigenvalue weighted by atomic mass is 16.3. The minimum atomic E-state index is -0.475. The third-order valence-corrected chi connectivity index (χ3v) is 4.30. The van der Waals surface area contributed by atoms with Crippen LogP contribution >= 0.6 is 0 Å². The molecule has 0 aromatic heterocycles. The molecule has 0 radical (unpaired) electrons. The molecule has 2 amide bonds. The maximum absolute atomic E-state index is 12.1. The van der Waals surface area contributed by atoms with Gasteiger partial charge in [-0.25, -0.2) is 0 Å². The molecule has 2 fully saturated rings. The summed E-state index contributed by atoms with van der Waals surface area (Å²) in [4.78, 5) is 25.2. The average Bonchev–Trinajstić information content (AvgIpc) is 2.75. The molecule has 1 saturated heterocycles. The van der Waals surface area contributed by atoms with Crippen LogP contribution in [0.15, 0.2) is 0 Å². The number of aliphatic hydroxyl groups excluding tert-OH is 1. The first-order valence-electron chi connectivity index (χ1n) is 7.24. The second kappa shape index (κ2) is 5.90. The lowest BCUT2D eigenvalue weighted by atomic mass is 9.77. The van der Waals surface area contributed by atoms with Crippen molar-refractivity contribution in [3.05, 3.63) is 0 Å². The highest BCUT2D eigenvalue weighted by molar-refractivity contribution is 5.86. The Bertz CT molecular complexity index is 359. The molecule has 2 N–H and O–H groups in total. The molecule has 2 unspecified atom stereocenters. The van der Waals surface area contributed by atoms with Crippen LogP contribution in [0, 0.1) is 5.92 Å². The molecule has 5 heteroatoms. The fraction of sp³-hybridized carbons (Fsp3) is 0.857. The van der Waals surface area contributed by atoms with Gasteiger partial charge in [0.1, 0.15) is 0 Å². The minimum absolute atomic E-state index is 0.0168. The number of nitrogens with one attached hydrogen (secondary N) is 1. The van der Waals surface area contributed by atoms with Crippen molar-refractivity contribution in [1.82, 2.24) is 10.2 Å². The first-order chi connectivity index (χ1) is 9.04. The number of nitrogens with zero attached hydrogens (tertiary/aromatic N) is 1. The number of likely N-dealkylation sites (tertiary alicyclic amines) is 1. The second-order valence-corrected chi connectivity index (χ2v) is 6.11. The van der Waals surface area contributed by atoms with Gasteiger partial charge in [-0.15, -0.1) is 0 Å². The van der Waals surface area contributed by atoms with Gasteiger partial charge in [0, 0.05) is 13.0 Å². The van der Waals surface area contributed by atoms with Crippen molar-refractivity contribution in [2.45, 2.75) is 51.0 Å². The predicted octanol–water partition coefficient (Wildman–Crippen LogP) is 0.666. The van der Waals surface area contributed by atoms with Gasteiger partial charge in [0.2, 0.25) is 11.8 Å². The standard InChI is InChI=1S/C14H24N2O3/c1-11-4-2-6-14(8-11,10-17)15-12(18)9-16-7-3-5-13(16)19/h11,17H,2-10H2,1H3,(H,15,18). The summed E-state index contributed by atoms with van der Waals surface area (Å²) in [6, 6.07) is 0. The zero-order valence-electron chi connectivity index (χ0n) is 11.7. The molecule has 1 aliphatic heterocycles. The Labute approximate surface area is 114 Å². The minimum Gasteiger partial charge on any atom is -0.394 e. The fourth-order valence-electron chi connectivity index (χ4n) is 3.34. The van der Waals surface area contributed by atoms with Crippen molar-refractivity contribution in [2.75, 3.05) is 19.7 Å². The van der Waals surface area contributed by atoms with E-state index < -0.39 is 5.54 Å². The Balaban J connectivity index is 1.90. The monoisotopic (exact) mass is 268 g/mol. The Kier molecular flexibility index (Phi) is 4.45.